The van der Waals surface area contributed by atoms with E-state index in [-0.39, 0.29) is 17.9 Å². The van der Waals surface area contributed by atoms with E-state index in [0.717, 1.165) is 5.69 Å². The molecular formula is C23H25N3O5S. The van der Waals surface area contributed by atoms with Crippen molar-refractivity contribution in [1.29, 1.82) is 0 Å². The molecule has 0 aromatic heterocycles. The van der Waals surface area contributed by atoms with Gasteiger partial charge in [0.25, 0.3) is 5.91 Å². The number of para-hydroxylation sites is 2. The average molecular weight is 456 g/mol. The van der Waals surface area contributed by atoms with Crippen molar-refractivity contribution in [2.75, 3.05) is 25.6 Å². The topological polar surface area (TPSA) is 97.0 Å². The number of hydrogen-bond acceptors (Lipinski definition) is 7. The molecule has 0 radical (unpaired) electrons. The molecule has 2 aliphatic heterocycles. The number of esters is 1. The van der Waals surface area contributed by atoms with Gasteiger partial charge < -0.3 is 25.0 Å². The van der Waals surface area contributed by atoms with Crippen molar-refractivity contribution in [3.63, 3.8) is 0 Å². The summed E-state index contributed by atoms with van der Waals surface area (Å²) in [5, 5.41) is 5.74. The van der Waals surface area contributed by atoms with E-state index in [0.29, 0.717) is 12.3 Å². The molecule has 2 aromatic rings. The molecule has 2 aromatic carbocycles. The van der Waals surface area contributed by atoms with E-state index < -0.39 is 28.7 Å². The van der Waals surface area contributed by atoms with E-state index in [4.69, 9.17) is 9.47 Å². The van der Waals surface area contributed by atoms with Gasteiger partial charge in [0.2, 0.25) is 5.91 Å². The molecular weight excluding hydrogens is 430 g/mol. The summed E-state index contributed by atoms with van der Waals surface area (Å²) in [4.78, 5) is 39.4. The molecule has 8 nitrogen and oxygen atoms in total. The number of carbonyl (C=O) groups excluding carboxylic acids is 3. The predicted octanol–water partition coefficient (Wildman–Crippen LogP) is 1.88. The van der Waals surface area contributed by atoms with Crippen LogP contribution in [-0.2, 0) is 19.1 Å². The molecule has 0 aliphatic carbocycles. The molecule has 0 saturated carbocycles. The number of ether oxygens (including phenoxy) is 2. The van der Waals surface area contributed by atoms with Gasteiger partial charge in [0, 0.05) is 12.2 Å². The SMILES string of the molecule is COC(=O)C1N2C(=O)C(NC(=O)COc3ccccc3)[C@@H]2SC1(C)CNc1ccccc1. The van der Waals surface area contributed by atoms with Crippen LogP contribution in [-0.4, -0.2) is 65.1 Å². The van der Waals surface area contributed by atoms with Crippen LogP contribution in [0.2, 0.25) is 0 Å². The zero-order chi connectivity index (χ0) is 22.7. The Morgan fingerprint density at radius 3 is 2.41 bits per heavy atom. The molecule has 2 N–H and O–H groups in total. The number of nitrogens with zero attached hydrogens (tertiary/aromatic N) is 1. The highest BCUT2D eigenvalue weighted by atomic mass is 32.2. The number of thioether (sulfide) groups is 1. The molecule has 2 heterocycles. The zero-order valence-corrected chi connectivity index (χ0v) is 18.6. The highest BCUT2D eigenvalue weighted by Crippen LogP contribution is 2.51. The molecule has 2 fully saturated rings. The molecule has 2 aliphatic rings. The van der Waals surface area contributed by atoms with Crippen LogP contribution in [0, 0.1) is 0 Å². The number of anilines is 1. The van der Waals surface area contributed by atoms with Crippen LogP contribution in [0.1, 0.15) is 6.92 Å². The second kappa shape index (κ2) is 9.12. The van der Waals surface area contributed by atoms with Crippen LogP contribution in [0.4, 0.5) is 5.69 Å². The van der Waals surface area contributed by atoms with E-state index in [9.17, 15) is 14.4 Å². The standard InChI is InChI=1S/C23H25N3O5S/c1-23(14-24-15-9-5-3-6-10-15)19(22(29)30-2)26-20(28)18(21(26)32-23)25-17(27)13-31-16-11-7-4-8-12-16/h3-12,18-19,21,24H,13-14H2,1-2H3,(H,25,27)/t18?,19?,21-,23?/m0/s1. The smallest absolute Gasteiger partial charge is 0.330 e. The molecule has 0 bridgehead atoms. The van der Waals surface area contributed by atoms with Gasteiger partial charge in [-0.2, -0.15) is 0 Å². The lowest BCUT2D eigenvalue weighted by molar-refractivity contribution is -0.162. The molecule has 0 spiro atoms. The number of methoxy groups -OCH3 is 1. The minimum absolute atomic E-state index is 0.196. The molecule has 168 valence electrons. The molecule has 32 heavy (non-hydrogen) atoms. The number of β-lactam (4-membered cyclic amide) rings is 1. The maximum absolute atomic E-state index is 12.9. The van der Waals surface area contributed by atoms with Gasteiger partial charge in [-0.05, 0) is 31.2 Å². The van der Waals surface area contributed by atoms with E-state index in [1.807, 2.05) is 55.5 Å². The van der Waals surface area contributed by atoms with Crippen molar-refractivity contribution in [2.24, 2.45) is 0 Å². The van der Waals surface area contributed by atoms with Crippen molar-refractivity contribution in [1.82, 2.24) is 10.2 Å². The van der Waals surface area contributed by atoms with Gasteiger partial charge in [0.1, 0.15) is 23.2 Å². The number of fused-ring (bicyclic) bond motifs is 1. The number of carbonyl (C=O) groups is 3. The molecule has 4 atom stereocenters. The Labute approximate surface area is 190 Å². The Bertz CT molecular complexity index is 990. The lowest BCUT2D eigenvalue weighted by Gasteiger charge is -2.43. The monoisotopic (exact) mass is 455 g/mol. The minimum atomic E-state index is -0.750. The van der Waals surface area contributed by atoms with Crippen LogP contribution < -0.4 is 15.4 Å². The number of nitrogens with one attached hydrogen (secondary N) is 2. The van der Waals surface area contributed by atoms with Gasteiger partial charge in [0.15, 0.2) is 6.61 Å². The van der Waals surface area contributed by atoms with Crippen molar-refractivity contribution in [2.45, 2.75) is 29.1 Å². The fourth-order valence-corrected chi connectivity index (χ4v) is 5.69. The zero-order valence-electron chi connectivity index (χ0n) is 17.8. The number of amides is 2. The Morgan fingerprint density at radius 2 is 1.75 bits per heavy atom. The van der Waals surface area contributed by atoms with E-state index in [1.165, 1.54) is 23.8 Å². The summed E-state index contributed by atoms with van der Waals surface area (Å²) in [5.41, 5.74) is 0.918. The van der Waals surface area contributed by atoms with Crippen LogP contribution in [0.15, 0.2) is 60.7 Å². The third kappa shape index (κ3) is 4.25. The Balaban J connectivity index is 1.42. The van der Waals surface area contributed by atoms with Gasteiger partial charge in [0.05, 0.1) is 11.9 Å². The maximum atomic E-state index is 12.9. The normalized spacial score (nSPS) is 26.0. The Kier molecular flexibility index (Phi) is 6.27. The van der Waals surface area contributed by atoms with Crippen LogP contribution >= 0.6 is 11.8 Å². The summed E-state index contributed by atoms with van der Waals surface area (Å²) in [6.07, 6.45) is 0. The first kappa shape index (κ1) is 22.0. The summed E-state index contributed by atoms with van der Waals surface area (Å²) >= 11 is 1.49. The fourth-order valence-electron chi connectivity index (χ4n) is 3.98. The highest BCUT2D eigenvalue weighted by molar-refractivity contribution is 8.01. The van der Waals surface area contributed by atoms with Crippen LogP contribution in [0.25, 0.3) is 0 Å². The van der Waals surface area contributed by atoms with Gasteiger partial charge in [-0.25, -0.2) is 4.79 Å². The molecule has 2 amide bonds. The summed E-state index contributed by atoms with van der Waals surface area (Å²) in [6.45, 7) is 2.18. The largest absolute Gasteiger partial charge is 0.484 e. The van der Waals surface area contributed by atoms with Gasteiger partial charge >= 0.3 is 5.97 Å². The van der Waals surface area contributed by atoms with E-state index in [2.05, 4.69) is 10.6 Å². The van der Waals surface area contributed by atoms with Crippen LogP contribution in [0.3, 0.4) is 0 Å². The van der Waals surface area contributed by atoms with Gasteiger partial charge in [-0.15, -0.1) is 11.8 Å². The molecule has 3 unspecified atom stereocenters. The highest BCUT2D eigenvalue weighted by Gasteiger charge is 2.65. The van der Waals surface area contributed by atoms with Crippen LogP contribution in [0.5, 0.6) is 5.75 Å². The first-order valence-corrected chi connectivity index (χ1v) is 11.1. The molecule has 4 rings (SSSR count). The van der Waals surface area contributed by atoms with Gasteiger partial charge in [-0.3, -0.25) is 9.59 Å². The summed E-state index contributed by atoms with van der Waals surface area (Å²) < 4.78 is 9.83. The van der Waals surface area contributed by atoms with E-state index >= 15 is 0 Å². The molecule has 2 saturated heterocycles. The maximum Gasteiger partial charge on any atom is 0.330 e. The van der Waals surface area contributed by atoms with Gasteiger partial charge in [-0.1, -0.05) is 36.4 Å². The number of benzene rings is 2. The number of rotatable bonds is 8. The van der Waals surface area contributed by atoms with Crippen molar-refractivity contribution >= 4 is 35.2 Å². The van der Waals surface area contributed by atoms with Crippen molar-refractivity contribution in [3.05, 3.63) is 60.7 Å². The lowest BCUT2D eigenvalue weighted by atomic mass is 9.94. The minimum Gasteiger partial charge on any atom is -0.484 e. The third-order valence-electron chi connectivity index (χ3n) is 5.60. The summed E-state index contributed by atoms with van der Waals surface area (Å²) in [5.74, 6) is -0.583. The average Bonchev–Trinajstić information content (AvgIpc) is 3.10. The van der Waals surface area contributed by atoms with Crippen molar-refractivity contribution < 1.29 is 23.9 Å². The molecule has 9 heteroatoms. The second-order valence-corrected chi connectivity index (χ2v) is 9.51. The summed E-state index contributed by atoms with van der Waals surface area (Å²) in [6, 6.07) is 17.2. The first-order valence-electron chi connectivity index (χ1n) is 10.3. The Hall–Kier alpha value is -3.20. The van der Waals surface area contributed by atoms with E-state index in [1.54, 1.807) is 12.1 Å². The quantitative estimate of drug-likeness (QED) is 0.463. The Morgan fingerprint density at radius 1 is 1.09 bits per heavy atom. The number of hydrogen-bond donors (Lipinski definition) is 2. The third-order valence-corrected chi connectivity index (χ3v) is 7.24. The second-order valence-electron chi connectivity index (χ2n) is 7.86. The van der Waals surface area contributed by atoms with Crippen molar-refractivity contribution in [3.8, 4) is 5.75 Å². The fraction of sp³-hybridized carbons (Fsp3) is 0.348. The lowest BCUT2D eigenvalue weighted by Crippen LogP contribution is -2.71. The predicted molar refractivity (Wildman–Crippen MR) is 121 cm³/mol. The first-order chi connectivity index (χ1) is 15.4. The summed E-state index contributed by atoms with van der Waals surface area (Å²) in [7, 11) is 1.32.